The van der Waals surface area contributed by atoms with Gasteiger partial charge in [0.15, 0.2) is 5.58 Å². The van der Waals surface area contributed by atoms with Gasteiger partial charge in [-0.3, -0.25) is 4.90 Å². The number of para-hydroxylation sites is 2. The molecule has 0 amide bonds. The summed E-state index contributed by atoms with van der Waals surface area (Å²) in [6, 6.07) is 47.5. The normalized spacial score (nSPS) is 13.2. The fourth-order valence-electron chi connectivity index (χ4n) is 6.81. The number of anilines is 3. The van der Waals surface area contributed by atoms with Gasteiger partial charge in [0, 0.05) is 27.4 Å². The SMILES string of the molecule is C1=CCCC(n2c3ccccc3c3ccc(N(c4nc5c(ccc6ccccc65)o4)c4ccccc4-c4ccccc4)cc32)=C1. The Morgan fingerprint density at radius 2 is 1.44 bits per heavy atom. The molecule has 0 fully saturated rings. The molecule has 0 saturated heterocycles. The van der Waals surface area contributed by atoms with Gasteiger partial charge in [-0.15, -0.1) is 0 Å². The van der Waals surface area contributed by atoms with E-state index in [0.29, 0.717) is 6.01 Å². The largest absolute Gasteiger partial charge is 0.423 e. The Balaban J connectivity index is 1.33. The van der Waals surface area contributed by atoms with E-state index in [9.17, 15) is 0 Å². The molecular formula is C41H29N3O. The first-order chi connectivity index (χ1) is 22.3. The highest BCUT2D eigenvalue weighted by Crippen LogP contribution is 2.44. The molecule has 6 aromatic carbocycles. The van der Waals surface area contributed by atoms with Crippen LogP contribution in [0.15, 0.2) is 156 Å². The van der Waals surface area contributed by atoms with Crippen LogP contribution in [0.4, 0.5) is 17.4 Å². The van der Waals surface area contributed by atoms with Gasteiger partial charge in [-0.1, -0.05) is 115 Å². The van der Waals surface area contributed by atoms with Crippen LogP contribution >= 0.6 is 0 Å². The molecule has 1 aliphatic rings. The minimum atomic E-state index is 0.534. The van der Waals surface area contributed by atoms with Crippen LogP contribution in [0, 0.1) is 0 Å². The Hall–Kier alpha value is -5.87. The highest BCUT2D eigenvalue weighted by Gasteiger charge is 2.24. The first kappa shape index (κ1) is 25.6. The molecule has 0 unspecified atom stereocenters. The standard InChI is InChI=1S/C41H29N3O/c1-3-13-28(14-4-1)32-18-9-11-21-36(32)44(41-42-40-33-19-8-7-15-29(33)23-26-39(40)45-41)31-24-25-35-34-20-10-12-22-37(34)43(38(35)27-31)30-16-5-2-6-17-30/h1-5,7-16,18-27H,6,17H2. The third kappa shape index (κ3) is 4.18. The molecule has 2 heterocycles. The van der Waals surface area contributed by atoms with Gasteiger partial charge in [-0.2, -0.15) is 4.98 Å². The Bertz CT molecular complexity index is 2440. The lowest BCUT2D eigenvalue weighted by atomic mass is 10.0. The lowest BCUT2D eigenvalue weighted by Gasteiger charge is -2.24. The highest BCUT2D eigenvalue weighted by molar-refractivity contribution is 6.11. The molecule has 45 heavy (non-hydrogen) atoms. The van der Waals surface area contributed by atoms with Gasteiger partial charge in [0.2, 0.25) is 0 Å². The quantitative estimate of drug-likeness (QED) is 0.203. The molecule has 0 radical (unpaired) electrons. The van der Waals surface area contributed by atoms with Crippen LogP contribution in [0.1, 0.15) is 12.8 Å². The summed E-state index contributed by atoms with van der Waals surface area (Å²) in [7, 11) is 0. The molecule has 0 bridgehead atoms. The van der Waals surface area contributed by atoms with E-state index in [1.54, 1.807) is 0 Å². The van der Waals surface area contributed by atoms with E-state index in [2.05, 4.69) is 155 Å². The third-order valence-electron chi connectivity index (χ3n) is 8.89. The number of hydrogen-bond donors (Lipinski definition) is 0. The maximum absolute atomic E-state index is 6.64. The Kier molecular flexibility index (Phi) is 5.91. The van der Waals surface area contributed by atoms with Crippen LogP contribution in [-0.4, -0.2) is 9.55 Å². The molecule has 0 atom stereocenters. The molecule has 0 spiro atoms. The average molecular weight is 580 g/mol. The van der Waals surface area contributed by atoms with Crippen molar-refractivity contribution >= 4 is 66.8 Å². The van der Waals surface area contributed by atoms with Crippen molar-refractivity contribution < 1.29 is 4.42 Å². The fraction of sp³-hybridized carbons (Fsp3) is 0.0488. The summed E-state index contributed by atoms with van der Waals surface area (Å²) in [5.41, 5.74) is 9.53. The second-order valence-electron chi connectivity index (χ2n) is 11.5. The minimum absolute atomic E-state index is 0.534. The molecule has 9 rings (SSSR count). The van der Waals surface area contributed by atoms with Crippen LogP contribution in [0.5, 0.6) is 0 Å². The van der Waals surface area contributed by atoms with Crippen LogP contribution in [0.2, 0.25) is 0 Å². The van der Waals surface area contributed by atoms with Crippen molar-refractivity contribution in [2.45, 2.75) is 12.8 Å². The summed E-state index contributed by atoms with van der Waals surface area (Å²) in [6.07, 6.45) is 8.69. The predicted octanol–water partition coefficient (Wildman–Crippen LogP) is 11.4. The summed E-state index contributed by atoms with van der Waals surface area (Å²) in [5, 5.41) is 4.69. The Labute approximate surface area is 260 Å². The number of oxazole rings is 1. The van der Waals surface area contributed by atoms with E-state index in [4.69, 9.17) is 9.40 Å². The zero-order chi connectivity index (χ0) is 29.7. The van der Waals surface area contributed by atoms with Crippen molar-refractivity contribution in [1.82, 2.24) is 9.55 Å². The molecule has 8 aromatic rings. The summed E-state index contributed by atoms with van der Waals surface area (Å²) < 4.78 is 9.07. The number of allylic oxidation sites excluding steroid dienone is 4. The van der Waals surface area contributed by atoms with Crippen LogP contribution < -0.4 is 4.90 Å². The molecule has 2 aromatic heterocycles. The second-order valence-corrected chi connectivity index (χ2v) is 11.5. The lowest BCUT2D eigenvalue weighted by molar-refractivity contribution is 0.608. The van der Waals surface area contributed by atoms with E-state index < -0.39 is 0 Å². The van der Waals surface area contributed by atoms with Gasteiger partial charge < -0.3 is 8.98 Å². The maximum atomic E-state index is 6.64. The molecule has 1 aliphatic carbocycles. The Morgan fingerprint density at radius 1 is 0.667 bits per heavy atom. The number of rotatable bonds is 5. The first-order valence-corrected chi connectivity index (χ1v) is 15.5. The van der Waals surface area contributed by atoms with Crippen molar-refractivity contribution in [2.24, 2.45) is 0 Å². The molecule has 0 aliphatic heterocycles. The van der Waals surface area contributed by atoms with E-state index in [1.807, 2.05) is 6.07 Å². The highest BCUT2D eigenvalue weighted by atomic mass is 16.4. The van der Waals surface area contributed by atoms with E-state index in [-0.39, 0.29) is 0 Å². The Morgan fingerprint density at radius 3 is 2.33 bits per heavy atom. The average Bonchev–Trinajstić information content (AvgIpc) is 3.69. The number of fused-ring (bicyclic) bond motifs is 6. The number of aromatic nitrogens is 2. The first-order valence-electron chi connectivity index (χ1n) is 15.5. The third-order valence-corrected chi connectivity index (χ3v) is 8.89. The number of benzene rings is 6. The molecular weight excluding hydrogens is 550 g/mol. The summed E-state index contributed by atoms with van der Waals surface area (Å²) >= 11 is 0. The molecule has 214 valence electrons. The monoisotopic (exact) mass is 579 g/mol. The zero-order valence-electron chi connectivity index (χ0n) is 24.6. The molecule has 4 heteroatoms. The van der Waals surface area contributed by atoms with E-state index >= 15 is 0 Å². The lowest BCUT2D eigenvalue weighted by Crippen LogP contribution is -2.12. The van der Waals surface area contributed by atoms with E-state index in [0.717, 1.165) is 57.2 Å². The van der Waals surface area contributed by atoms with Crippen LogP contribution in [0.3, 0.4) is 0 Å². The van der Waals surface area contributed by atoms with Crippen molar-refractivity contribution in [1.29, 1.82) is 0 Å². The fourth-order valence-corrected chi connectivity index (χ4v) is 6.81. The molecule has 4 nitrogen and oxygen atoms in total. The van der Waals surface area contributed by atoms with Gasteiger partial charge in [0.25, 0.3) is 0 Å². The van der Waals surface area contributed by atoms with Crippen LogP contribution in [-0.2, 0) is 0 Å². The zero-order valence-corrected chi connectivity index (χ0v) is 24.6. The van der Waals surface area contributed by atoms with Crippen molar-refractivity contribution in [2.75, 3.05) is 4.90 Å². The van der Waals surface area contributed by atoms with Gasteiger partial charge in [-0.05, 0) is 60.2 Å². The summed E-state index contributed by atoms with van der Waals surface area (Å²) in [4.78, 5) is 7.37. The maximum Gasteiger partial charge on any atom is 0.307 e. The van der Waals surface area contributed by atoms with Crippen molar-refractivity contribution in [3.05, 3.63) is 152 Å². The topological polar surface area (TPSA) is 34.2 Å². The van der Waals surface area contributed by atoms with Gasteiger partial charge in [-0.25, -0.2) is 0 Å². The van der Waals surface area contributed by atoms with E-state index in [1.165, 1.54) is 27.5 Å². The smallest absolute Gasteiger partial charge is 0.307 e. The minimum Gasteiger partial charge on any atom is -0.423 e. The molecule has 0 saturated carbocycles. The van der Waals surface area contributed by atoms with Crippen molar-refractivity contribution in [3.8, 4) is 11.1 Å². The van der Waals surface area contributed by atoms with Gasteiger partial charge >= 0.3 is 6.01 Å². The van der Waals surface area contributed by atoms with Crippen molar-refractivity contribution in [3.63, 3.8) is 0 Å². The summed E-state index contributed by atoms with van der Waals surface area (Å²) in [5.74, 6) is 0. The van der Waals surface area contributed by atoms with Gasteiger partial charge in [0.05, 0.1) is 22.4 Å². The van der Waals surface area contributed by atoms with Gasteiger partial charge in [0.1, 0.15) is 5.52 Å². The molecule has 0 N–H and O–H groups in total. The van der Waals surface area contributed by atoms with Crippen LogP contribution in [0.25, 0.3) is 60.5 Å². The second kappa shape index (κ2) is 10.4. The predicted molar refractivity (Wildman–Crippen MR) is 187 cm³/mol. The number of nitrogens with zero attached hydrogens (tertiary/aromatic N) is 3. The summed E-state index contributed by atoms with van der Waals surface area (Å²) in [6.45, 7) is 0. The number of hydrogen-bond acceptors (Lipinski definition) is 3.